The minimum Gasteiger partial charge on any atom is -0.393 e. The highest BCUT2D eigenvalue weighted by atomic mass is 16.3. The van der Waals surface area contributed by atoms with E-state index in [4.69, 9.17) is 0 Å². The van der Waals surface area contributed by atoms with Crippen molar-refractivity contribution in [2.45, 2.75) is 65.0 Å². The van der Waals surface area contributed by atoms with E-state index in [-0.39, 0.29) is 6.10 Å². The molecule has 4 unspecified atom stereocenters. The summed E-state index contributed by atoms with van der Waals surface area (Å²) in [5.41, 5.74) is 0. The lowest BCUT2D eigenvalue weighted by molar-refractivity contribution is 0.00693. The Labute approximate surface area is 125 Å². The molecule has 0 aromatic rings. The predicted octanol–water partition coefficient (Wildman–Crippen LogP) is 2.59. The standard InChI is InChI=1S/C17H34N2O/c1-4-6-15-7-8-17(20)16(11-15)13-18-9-10-19(5-2)14(3)12-18/h14-17,20H,4-13H2,1-3H3. The Morgan fingerprint density at radius 1 is 1.15 bits per heavy atom. The summed E-state index contributed by atoms with van der Waals surface area (Å²) in [7, 11) is 0. The summed E-state index contributed by atoms with van der Waals surface area (Å²) in [5.74, 6) is 1.38. The van der Waals surface area contributed by atoms with Gasteiger partial charge in [-0.25, -0.2) is 0 Å². The highest BCUT2D eigenvalue weighted by Gasteiger charge is 2.31. The third kappa shape index (κ3) is 4.19. The van der Waals surface area contributed by atoms with Gasteiger partial charge in [-0.1, -0.05) is 26.7 Å². The molecule has 0 bridgehead atoms. The zero-order valence-corrected chi connectivity index (χ0v) is 13.7. The molecule has 1 aliphatic carbocycles. The smallest absolute Gasteiger partial charge is 0.0580 e. The van der Waals surface area contributed by atoms with Crippen LogP contribution in [0.15, 0.2) is 0 Å². The van der Waals surface area contributed by atoms with E-state index >= 15 is 0 Å². The SMILES string of the molecule is CCCC1CCC(O)C(CN2CCN(CC)C(C)C2)C1. The van der Waals surface area contributed by atoms with Crippen molar-refractivity contribution in [2.75, 3.05) is 32.7 Å². The van der Waals surface area contributed by atoms with Crippen LogP contribution in [0.2, 0.25) is 0 Å². The maximum atomic E-state index is 10.3. The Morgan fingerprint density at radius 2 is 1.95 bits per heavy atom. The van der Waals surface area contributed by atoms with Crippen LogP contribution in [0, 0.1) is 11.8 Å². The van der Waals surface area contributed by atoms with Crippen LogP contribution >= 0.6 is 0 Å². The van der Waals surface area contributed by atoms with Gasteiger partial charge in [0.25, 0.3) is 0 Å². The number of hydrogen-bond acceptors (Lipinski definition) is 3. The normalized spacial score (nSPS) is 37.2. The van der Waals surface area contributed by atoms with Crippen molar-refractivity contribution in [3.05, 3.63) is 0 Å². The lowest BCUT2D eigenvalue weighted by atomic mass is 9.77. The quantitative estimate of drug-likeness (QED) is 0.839. The van der Waals surface area contributed by atoms with E-state index in [0.29, 0.717) is 12.0 Å². The summed E-state index contributed by atoms with van der Waals surface area (Å²) in [5, 5.41) is 10.3. The van der Waals surface area contributed by atoms with Crippen molar-refractivity contribution in [2.24, 2.45) is 11.8 Å². The van der Waals surface area contributed by atoms with Gasteiger partial charge in [-0.2, -0.15) is 0 Å². The molecule has 2 rings (SSSR count). The third-order valence-corrected chi connectivity index (χ3v) is 5.50. The fourth-order valence-electron chi connectivity index (χ4n) is 4.25. The van der Waals surface area contributed by atoms with Crippen LogP contribution < -0.4 is 0 Å². The average molecular weight is 282 g/mol. The summed E-state index contributed by atoms with van der Waals surface area (Å²) in [6.07, 6.45) is 6.11. The molecule has 3 heteroatoms. The number of piperazine rings is 1. The molecule has 20 heavy (non-hydrogen) atoms. The predicted molar refractivity (Wildman–Crippen MR) is 84.9 cm³/mol. The minimum absolute atomic E-state index is 0.0531. The van der Waals surface area contributed by atoms with Gasteiger partial charge in [0.05, 0.1) is 6.10 Å². The molecule has 0 aromatic heterocycles. The minimum atomic E-state index is -0.0531. The first-order valence-electron chi connectivity index (χ1n) is 8.78. The zero-order chi connectivity index (χ0) is 14.5. The van der Waals surface area contributed by atoms with E-state index in [1.54, 1.807) is 0 Å². The second kappa shape index (κ2) is 7.77. The summed E-state index contributed by atoms with van der Waals surface area (Å²) >= 11 is 0. The largest absolute Gasteiger partial charge is 0.393 e. The van der Waals surface area contributed by atoms with Crippen molar-refractivity contribution < 1.29 is 5.11 Å². The topological polar surface area (TPSA) is 26.7 Å². The average Bonchev–Trinajstić information content (AvgIpc) is 2.43. The van der Waals surface area contributed by atoms with Crippen LogP contribution in [0.25, 0.3) is 0 Å². The Hall–Kier alpha value is -0.120. The first-order valence-corrected chi connectivity index (χ1v) is 8.78. The Balaban J connectivity index is 1.82. The number of hydrogen-bond donors (Lipinski definition) is 1. The van der Waals surface area contributed by atoms with Gasteiger partial charge >= 0.3 is 0 Å². The number of likely N-dealkylation sites (N-methyl/N-ethyl adjacent to an activating group) is 1. The third-order valence-electron chi connectivity index (χ3n) is 5.50. The molecule has 1 N–H and O–H groups in total. The van der Waals surface area contributed by atoms with E-state index in [0.717, 1.165) is 18.9 Å². The monoisotopic (exact) mass is 282 g/mol. The molecule has 0 spiro atoms. The van der Waals surface area contributed by atoms with Crippen LogP contribution in [0.3, 0.4) is 0 Å². The van der Waals surface area contributed by atoms with Gasteiger partial charge in [-0.05, 0) is 44.6 Å². The van der Waals surface area contributed by atoms with Crippen molar-refractivity contribution in [3.63, 3.8) is 0 Å². The molecule has 0 radical (unpaired) electrons. The molecule has 118 valence electrons. The van der Waals surface area contributed by atoms with Gasteiger partial charge < -0.3 is 10.0 Å². The summed E-state index contributed by atoms with van der Waals surface area (Å²) in [6.45, 7) is 12.7. The molecule has 2 fully saturated rings. The van der Waals surface area contributed by atoms with E-state index in [2.05, 4.69) is 30.6 Å². The maximum absolute atomic E-state index is 10.3. The van der Waals surface area contributed by atoms with Crippen LogP contribution in [0.5, 0.6) is 0 Å². The van der Waals surface area contributed by atoms with Crippen LogP contribution in [0.4, 0.5) is 0 Å². The van der Waals surface area contributed by atoms with Gasteiger partial charge in [0, 0.05) is 32.2 Å². The fourth-order valence-corrected chi connectivity index (χ4v) is 4.25. The maximum Gasteiger partial charge on any atom is 0.0580 e. The number of rotatable bonds is 5. The Kier molecular flexibility index (Phi) is 6.31. The second-order valence-electron chi connectivity index (χ2n) is 7.03. The molecule has 2 aliphatic rings. The molecule has 0 amide bonds. The van der Waals surface area contributed by atoms with E-state index < -0.39 is 0 Å². The molecule has 1 saturated heterocycles. The van der Waals surface area contributed by atoms with Gasteiger partial charge in [0.15, 0.2) is 0 Å². The van der Waals surface area contributed by atoms with Gasteiger partial charge in [0.1, 0.15) is 0 Å². The van der Waals surface area contributed by atoms with E-state index in [9.17, 15) is 5.11 Å². The van der Waals surface area contributed by atoms with Crippen molar-refractivity contribution in [3.8, 4) is 0 Å². The highest BCUT2D eigenvalue weighted by molar-refractivity contribution is 4.85. The van der Waals surface area contributed by atoms with Crippen LogP contribution in [-0.4, -0.2) is 59.8 Å². The molecule has 1 aliphatic heterocycles. The van der Waals surface area contributed by atoms with Crippen molar-refractivity contribution >= 4 is 0 Å². The van der Waals surface area contributed by atoms with Crippen molar-refractivity contribution in [1.29, 1.82) is 0 Å². The van der Waals surface area contributed by atoms with Gasteiger partial charge in [0.2, 0.25) is 0 Å². The molecule has 0 aromatic carbocycles. The number of nitrogens with zero attached hydrogens (tertiary/aromatic N) is 2. The lowest BCUT2D eigenvalue weighted by Crippen LogP contribution is -2.53. The van der Waals surface area contributed by atoms with E-state index in [1.165, 1.54) is 51.9 Å². The van der Waals surface area contributed by atoms with Crippen LogP contribution in [0.1, 0.15) is 52.9 Å². The summed E-state index contributed by atoms with van der Waals surface area (Å²) in [6, 6.07) is 0.668. The molecular formula is C17H34N2O. The first-order chi connectivity index (χ1) is 9.63. The Bertz CT molecular complexity index is 284. The molecule has 1 heterocycles. The van der Waals surface area contributed by atoms with Crippen LogP contribution in [-0.2, 0) is 0 Å². The summed E-state index contributed by atoms with van der Waals surface area (Å²) < 4.78 is 0. The van der Waals surface area contributed by atoms with Crippen molar-refractivity contribution in [1.82, 2.24) is 9.80 Å². The highest BCUT2D eigenvalue weighted by Crippen LogP contribution is 2.33. The van der Waals surface area contributed by atoms with E-state index in [1.807, 2.05) is 0 Å². The lowest BCUT2D eigenvalue weighted by Gasteiger charge is -2.42. The summed E-state index contributed by atoms with van der Waals surface area (Å²) in [4.78, 5) is 5.16. The second-order valence-corrected chi connectivity index (χ2v) is 7.03. The molecular weight excluding hydrogens is 248 g/mol. The Morgan fingerprint density at radius 3 is 2.60 bits per heavy atom. The molecule has 3 nitrogen and oxygen atoms in total. The number of aliphatic hydroxyl groups excluding tert-OH is 1. The first kappa shape index (κ1) is 16.3. The number of aliphatic hydroxyl groups is 1. The molecule has 1 saturated carbocycles. The van der Waals surface area contributed by atoms with Gasteiger partial charge in [-0.3, -0.25) is 4.90 Å². The van der Waals surface area contributed by atoms with Gasteiger partial charge in [-0.15, -0.1) is 0 Å². The fraction of sp³-hybridized carbons (Fsp3) is 1.00. The zero-order valence-electron chi connectivity index (χ0n) is 13.7. The molecule has 4 atom stereocenters.